The molecular weight excluding hydrogens is 320 g/mol. The zero-order chi connectivity index (χ0) is 18.2. The predicted octanol–water partition coefficient (Wildman–Crippen LogP) is 2.32. The quantitative estimate of drug-likeness (QED) is 0.765. The normalized spacial score (nSPS) is 10.4. The van der Waals surface area contributed by atoms with Crippen LogP contribution in [0.1, 0.15) is 10.4 Å². The molecule has 0 fully saturated rings. The number of pyridine rings is 1. The molecule has 0 atom stereocenters. The van der Waals surface area contributed by atoms with Gasteiger partial charge in [0.2, 0.25) is 0 Å². The standard InChI is InChI=1S/C18H24N4O3/c1-22(2)10-9-19-17-8-5-13(12-20-17)18(23)21-14-6-7-15(24-3)16(11-14)25-4/h5-8,11-12H,9-10H2,1-4H3,(H,19,20)(H,21,23). The maximum Gasteiger partial charge on any atom is 0.257 e. The Balaban J connectivity index is 1.98. The second-order valence-corrected chi connectivity index (χ2v) is 5.69. The summed E-state index contributed by atoms with van der Waals surface area (Å²) in [5.74, 6) is 1.67. The first-order valence-electron chi connectivity index (χ1n) is 7.91. The number of nitrogens with one attached hydrogen (secondary N) is 2. The van der Waals surface area contributed by atoms with Crippen molar-refractivity contribution in [1.82, 2.24) is 9.88 Å². The summed E-state index contributed by atoms with van der Waals surface area (Å²) in [5.41, 5.74) is 1.10. The summed E-state index contributed by atoms with van der Waals surface area (Å²) in [4.78, 5) is 18.7. The minimum atomic E-state index is -0.237. The number of amides is 1. The van der Waals surface area contributed by atoms with Gasteiger partial charge in [0.25, 0.3) is 5.91 Å². The smallest absolute Gasteiger partial charge is 0.257 e. The zero-order valence-electron chi connectivity index (χ0n) is 15.0. The SMILES string of the molecule is COc1ccc(NC(=O)c2ccc(NCCN(C)C)nc2)cc1OC. The van der Waals surface area contributed by atoms with Gasteiger partial charge >= 0.3 is 0 Å². The van der Waals surface area contributed by atoms with Crippen LogP contribution in [0.5, 0.6) is 11.5 Å². The molecule has 0 radical (unpaired) electrons. The van der Waals surface area contributed by atoms with E-state index < -0.39 is 0 Å². The fourth-order valence-corrected chi connectivity index (χ4v) is 2.16. The molecule has 0 aliphatic carbocycles. The largest absolute Gasteiger partial charge is 0.493 e. The highest BCUT2D eigenvalue weighted by molar-refractivity contribution is 6.04. The summed E-state index contributed by atoms with van der Waals surface area (Å²) < 4.78 is 10.4. The van der Waals surface area contributed by atoms with Crippen LogP contribution in [0, 0.1) is 0 Å². The number of anilines is 2. The van der Waals surface area contributed by atoms with E-state index in [4.69, 9.17) is 9.47 Å². The topological polar surface area (TPSA) is 75.7 Å². The molecule has 0 spiro atoms. The minimum Gasteiger partial charge on any atom is -0.493 e. The van der Waals surface area contributed by atoms with Gasteiger partial charge in [0, 0.05) is 31.0 Å². The molecule has 1 heterocycles. The van der Waals surface area contributed by atoms with Crippen LogP contribution in [0.2, 0.25) is 0 Å². The van der Waals surface area contributed by atoms with Gasteiger partial charge in [-0.05, 0) is 38.4 Å². The molecule has 1 aromatic carbocycles. The van der Waals surface area contributed by atoms with Gasteiger partial charge in [0.1, 0.15) is 5.82 Å². The molecule has 0 saturated heterocycles. The number of carbonyl (C=O) groups excluding carboxylic acids is 1. The van der Waals surface area contributed by atoms with E-state index in [0.717, 1.165) is 18.9 Å². The van der Waals surface area contributed by atoms with E-state index in [1.165, 1.54) is 0 Å². The molecular formula is C18H24N4O3. The van der Waals surface area contributed by atoms with Crippen LogP contribution < -0.4 is 20.1 Å². The molecule has 134 valence electrons. The van der Waals surface area contributed by atoms with Crippen molar-refractivity contribution < 1.29 is 14.3 Å². The Morgan fingerprint density at radius 1 is 1.12 bits per heavy atom. The molecule has 1 amide bonds. The van der Waals surface area contributed by atoms with Crippen molar-refractivity contribution in [2.24, 2.45) is 0 Å². The van der Waals surface area contributed by atoms with E-state index in [9.17, 15) is 4.79 Å². The summed E-state index contributed by atoms with van der Waals surface area (Å²) in [6, 6.07) is 8.73. The van der Waals surface area contributed by atoms with Crippen LogP contribution in [0.15, 0.2) is 36.5 Å². The molecule has 2 rings (SSSR count). The van der Waals surface area contributed by atoms with E-state index in [-0.39, 0.29) is 5.91 Å². The highest BCUT2D eigenvalue weighted by Crippen LogP contribution is 2.29. The molecule has 0 aliphatic heterocycles. The summed E-state index contributed by atoms with van der Waals surface area (Å²) in [6.07, 6.45) is 1.55. The Kier molecular flexibility index (Phi) is 6.59. The predicted molar refractivity (Wildman–Crippen MR) is 98.8 cm³/mol. The lowest BCUT2D eigenvalue weighted by atomic mass is 10.2. The molecule has 2 aromatic rings. The number of nitrogens with zero attached hydrogens (tertiary/aromatic N) is 2. The second-order valence-electron chi connectivity index (χ2n) is 5.69. The number of carbonyl (C=O) groups is 1. The van der Waals surface area contributed by atoms with Crippen molar-refractivity contribution in [3.05, 3.63) is 42.1 Å². The Morgan fingerprint density at radius 2 is 1.88 bits per heavy atom. The number of likely N-dealkylation sites (N-methyl/N-ethyl adjacent to an activating group) is 1. The van der Waals surface area contributed by atoms with Crippen LogP contribution in [0.3, 0.4) is 0 Å². The third-order valence-corrected chi connectivity index (χ3v) is 3.53. The lowest BCUT2D eigenvalue weighted by Crippen LogP contribution is -2.21. The summed E-state index contributed by atoms with van der Waals surface area (Å²) in [7, 11) is 7.14. The van der Waals surface area contributed by atoms with Crippen LogP contribution in [0.25, 0.3) is 0 Å². The summed E-state index contributed by atoms with van der Waals surface area (Å²) >= 11 is 0. The van der Waals surface area contributed by atoms with Crippen molar-refractivity contribution in [3.63, 3.8) is 0 Å². The molecule has 0 aliphatic rings. The number of aromatic nitrogens is 1. The van der Waals surface area contributed by atoms with Gasteiger partial charge in [-0.15, -0.1) is 0 Å². The van der Waals surface area contributed by atoms with Gasteiger partial charge in [-0.1, -0.05) is 0 Å². The molecule has 1 aromatic heterocycles. The molecule has 0 bridgehead atoms. The highest BCUT2D eigenvalue weighted by Gasteiger charge is 2.10. The van der Waals surface area contributed by atoms with Crippen LogP contribution in [-0.2, 0) is 0 Å². The van der Waals surface area contributed by atoms with E-state index in [2.05, 4.69) is 20.5 Å². The van der Waals surface area contributed by atoms with Gasteiger partial charge in [0.05, 0.1) is 19.8 Å². The first-order chi connectivity index (χ1) is 12.0. The number of benzene rings is 1. The van der Waals surface area contributed by atoms with Crippen LogP contribution in [0.4, 0.5) is 11.5 Å². The van der Waals surface area contributed by atoms with Crippen molar-refractivity contribution in [3.8, 4) is 11.5 Å². The molecule has 7 heteroatoms. The third-order valence-electron chi connectivity index (χ3n) is 3.53. The van der Waals surface area contributed by atoms with E-state index >= 15 is 0 Å². The average Bonchev–Trinajstić information content (AvgIpc) is 2.61. The summed E-state index contributed by atoms with van der Waals surface area (Å²) in [6.45, 7) is 1.69. The lowest BCUT2D eigenvalue weighted by molar-refractivity contribution is 0.102. The average molecular weight is 344 g/mol. The Morgan fingerprint density at radius 3 is 2.48 bits per heavy atom. The maximum atomic E-state index is 12.3. The van der Waals surface area contributed by atoms with Crippen molar-refractivity contribution in [1.29, 1.82) is 0 Å². The minimum absolute atomic E-state index is 0.237. The highest BCUT2D eigenvalue weighted by atomic mass is 16.5. The maximum absolute atomic E-state index is 12.3. The third kappa shape index (κ3) is 5.36. The Labute approximate surface area is 148 Å². The molecule has 7 nitrogen and oxygen atoms in total. The zero-order valence-corrected chi connectivity index (χ0v) is 15.0. The van der Waals surface area contributed by atoms with Crippen molar-refractivity contribution >= 4 is 17.4 Å². The van der Waals surface area contributed by atoms with Gasteiger partial charge < -0.3 is 25.0 Å². The number of ether oxygens (including phenoxy) is 2. The van der Waals surface area contributed by atoms with Crippen LogP contribution >= 0.6 is 0 Å². The molecule has 2 N–H and O–H groups in total. The Hall–Kier alpha value is -2.80. The number of hydrogen-bond acceptors (Lipinski definition) is 6. The van der Waals surface area contributed by atoms with Gasteiger partial charge in [-0.3, -0.25) is 4.79 Å². The van der Waals surface area contributed by atoms with E-state index in [1.54, 1.807) is 50.7 Å². The van der Waals surface area contributed by atoms with Crippen LogP contribution in [-0.4, -0.2) is 57.2 Å². The fraction of sp³-hybridized carbons (Fsp3) is 0.333. The fourth-order valence-electron chi connectivity index (χ4n) is 2.16. The first kappa shape index (κ1) is 18.5. The van der Waals surface area contributed by atoms with Crippen molar-refractivity contribution in [2.75, 3.05) is 52.0 Å². The van der Waals surface area contributed by atoms with Gasteiger partial charge in [0.15, 0.2) is 11.5 Å². The lowest BCUT2D eigenvalue weighted by Gasteiger charge is -2.12. The van der Waals surface area contributed by atoms with E-state index in [0.29, 0.717) is 22.7 Å². The number of rotatable bonds is 8. The first-order valence-corrected chi connectivity index (χ1v) is 7.91. The number of methoxy groups -OCH3 is 2. The van der Waals surface area contributed by atoms with Gasteiger partial charge in [-0.25, -0.2) is 4.98 Å². The Bertz CT molecular complexity index is 702. The monoisotopic (exact) mass is 344 g/mol. The van der Waals surface area contributed by atoms with Crippen molar-refractivity contribution in [2.45, 2.75) is 0 Å². The van der Waals surface area contributed by atoms with E-state index in [1.807, 2.05) is 14.1 Å². The number of hydrogen-bond donors (Lipinski definition) is 2. The molecule has 0 unspecified atom stereocenters. The second kappa shape index (κ2) is 8.89. The molecule has 0 saturated carbocycles. The van der Waals surface area contributed by atoms with Gasteiger partial charge in [-0.2, -0.15) is 0 Å². The summed E-state index contributed by atoms with van der Waals surface area (Å²) in [5, 5.41) is 6.02. The molecule has 25 heavy (non-hydrogen) atoms.